The van der Waals surface area contributed by atoms with Gasteiger partial charge < -0.3 is 0 Å². The van der Waals surface area contributed by atoms with Crippen LogP contribution in [0.1, 0.15) is 25.5 Å². The summed E-state index contributed by atoms with van der Waals surface area (Å²) in [5.74, 6) is 0.324. The van der Waals surface area contributed by atoms with Crippen molar-refractivity contribution in [3.05, 3.63) is 35.9 Å². The summed E-state index contributed by atoms with van der Waals surface area (Å²) in [6.45, 7) is 4.06. The van der Waals surface area contributed by atoms with Crippen molar-refractivity contribution in [2.45, 2.75) is 19.9 Å². The van der Waals surface area contributed by atoms with Crippen LogP contribution in [0.15, 0.2) is 30.3 Å². The molecule has 0 aliphatic rings. The average molecular weight is 164 g/mol. The summed E-state index contributed by atoms with van der Waals surface area (Å²) in [5.41, 5.74) is 3.13. The Morgan fingerprint density at radius 1 is 1.17 bits per heavy atom. The van der Waals surface area contributed by atoms with Crippen LogP contribution < -0.4 is 5.48 Å². The van der Waals surface area contributed by atoms with Crippen LogP contribution in [0, 0.1) is 5.92 Å². The fourth-order valence-corrected chi connectivity index (χ4v) is 1.25. The van der Waals surface area contributed by atoms with E-state index in [2.05, 4.69) is 5.48 Å². The minimum Gasteiger partial charge on any atom is -0.160 e. The maximum atomic E-state index is 10.6. The normalized spacial score (nSPS) is 13.3. The molecule has 1 unspecified atom stereocenters. The summed E-state index contributed by atoms with van der Waals surface area (Å²) < 4.78 is 0. The lowest BCUT2D eigenvalue weighted by atomic mass is 9.97. The first-order valence-corrected chi connectivity index (χ1v) is 4.18. The molecule has 0 heterocycles. The van der Waals surface area contributed by atoms with Gasteiger partial charge in [0.25, 0.3) is 0 Å². The molecule has 0 fully saturated rings. The maximum absolute atomic E-state index is 10.6. The van der Waals surface area contributed by atoms with Crippen molar-refractivity contribution < 1.29 is 5.21 Å². The molecule has 0 bridgehead atoms. The first-order chi connectivity index (χ1) is 5.75. The number of rotatable bonds is 3. The fraction of sp³-hybridized carbons (Fsp3) is 0.400. The van der Waals surface area contributed by atoms with Gasteiger partial charge in [0.1, 0.15) is 0 Å². The zero-order chi connectivity index (χ0) is 8.97. The molecule has 2 heteroatoms. The second-order valence-electron chi connectivity index (χ2n) is 3.25. The molecular weight excluding hydrogens is 150 g/mol. The molecular formula is C10H14NO. The number of hydrogen-bond acceptors (Lipinski definition) is 1. The Kier molecular flexibility index (Phi) is 3.26. The summed E-state index contributed by atoms with van der Waals surface area (Å²) in [7, 11) is 0. The molecule has 0 aliphatic carbocycles. The number of hydrogen-bond donors (Lipinski definition) is 1. The zero-order valence-corrected chi connectivity index (χ0v) is 7.45. The number of nitrogens with one attached hydrogen (secondary N) is 1. The van der Waals surface area contributed by atoms with Gasteiger partial charge in [-0.3, -0.25) is 0 Å². The fourth-order valence-electron chi connectivity index (χ4n) is 1.25. The minimum atomic E-state index is -0.0776. The van der Waals surface area contributed by atoms with Gasteiger partial charge in [0.05, 0.1) is 6.04 Å². The van der Waals surface area contributed by atoms with Gasteiger partial charge in [-0.05, 0) is 11.5 Å². The lowest BCUT2D eigenvalue weighted by Crippen LogP contribution is -2.20. The molecule has 1 radical (unpaired) electrons. The molecule has 12 heavy (non-hydrogen) atoms. The van der Waals surface area contributed by atoms with Gasteiger partial charge in [0.2, 0.25) is 0 Å². The van der Waals surface area contributed by atoms with Crippen molar-refractivity contribution in [2.24, 2.45) is 5.92 Å². The molecule has 0 spiro atoms. The first kappa shape index (κ1) is 9.23. The molecule has 0 amide bonds. The number of hydroxylamine groups is 1. The van der Waals surface area contributed by atoms with Crippen LogP contribution in [0.2, 0.25) is 0 Å². The number of benzene rings is 1. The highest BCUT2D eigenvalue weighted by Crippen LogP contribution is 2.20. The van der Waals surface area contributed by atoms with Gasteiger partial charge in [-0.25, -0.2) is 0 Å². The smallest absolute Gasteiger partial charge is 0.0625 e. The molecule has 0 aliphatic heterocycles. The molecule has 0 saturated carbocycles. The Labute approximate surface area is 73.2 Å². The van der Waals surface area contributed by atoms with Gasteiger partial charge in [-0.1, -0.05) is 44.2 Å². The van der Waals surface area contributed by atoms with E-state index in [-0.39, 0.29) is 6.04 Å². The van der Waals surface area contributed by atoms with Crippen LogP contribution in [0.4, 0.5) is 0 Å². The Balaban J connectivity index is 2.80. The van der Waals surface area contributed by atoms with E-state index in [1.165, 1.54) is 0 Å². The predicted octanol–water partition coefficient (Wildman–Crippen LogP) is 2.32. The summed E-state index contributed by atoms with van der Waals surface area (Å²) in [6, 6.07) is 9.70. The van der Waals surface area contributed by atoms with Crippen molar-refractivity contribution >= 4 is 0 Å². The van der Waals surface area contributed by atoms with E-state index >= 15 is 0 Å². The molecule has 2 nitrogen and oxygen atoms in total. The van der Waals surface area contributed by atoms with Gasteiger partial charge in [-0.15, -0.1) is 5.21 Å². The lowest BCUT2D eigenvalue weighted by Gasteiger charge is -2.17. The zero-order valence-electron chi connectivity index (χ0n) is 7.45. The van der Waals surface area contributed by atoms with E-state index in [9.17, 15) is 5.21 Å². The SMILES string of the molecule is CC(C)C(N[O])c1ccccc1. The highest BCUT2D eigenvalue weighted by molar-refractivity contribution is 5.18. The van der Waals surface area contributed by atoms with E-state index in [1.54, 1.807) is 0 Å². The molecule has 1 N–H and O–H groups in total. The van der Waals surface area contributed by atoms with Gasteiger partial charge in [0.15, 0.2) is 0 Å². The van der Waals surface area contributed by atoms with Crippen molar-refractivity contribution in [2.75, 3.05) is 0 Å². The van der Waals surface area contributed by atoms with Crippen LogP contribution in [0.25, 0.3) is 0 Å². The Bertz CT molecular complexity index is 221. The van der Waals surface area contributed by atoms with E-state index < -0.39 is 0 Å². The molecule has 1 aromatic carbocycles. The first-order valence-electron chi connectivity index (χ1n) is 4.18. The highest BCUT2D eigenvalue weighted by atomic mass is 16.5. The standard InChI is InChI=1S/C10H14NO/c1-8(2)10(11-12)9-6-4-3-5-7-9/h3-8,10-11H,1-2H3. The van der Waals surface area contributed by atoms with E-state index in [0.29, 0.717) is 5.92 Å². The molecule has 0 saturated heterocycles. The molecule has 1 rings (SSSR count). The third-order valence-corrected chi connectivity index (χ3v) is 1.95. The predicted molar refractivity (Wildman–Crippen MR) is 47.8 cm³/mol. The van der Waals surface area contributed by atoms with Gasteiger partial charge in [0, 0.05) is 0 Å². The van der Waals surface area contributed by atoms with Crippen LogP contribution in [-0.2, 0) is 5.21 Å². The van der Waals surface area contributed by atoms with Crippen LogP contribution >= 0.6 is 0 Å². The molecule has 0 aromatic heterocycles. The van der Waals surface area contributed by atoms with Crippen molar-refractivity contribution in [3.63, 3.8) is 0 Å². The molecule has 65 valence electrons. The van der Waals surface area contributed by atoms with Crippen molar-refractivity contribution in [1.29, 1.82) is 0 Å². The summed E-state index contributed by atoms with van der Waals surface area (Å²) in [5, 5.41) is 10.6. The third kappa shape index (κ3) is 2.06. The minimum absolute atomic E-state index is 0.0776. The van der Waals surface area contributed by atoms with E-state index in [1.807, 2.05) is 44.2 Å². The Morgan fingerprint density at radius 3 is 2.17 bits per heavy atom. The second kappa shape index (κ2) is 4.24. The van der Waals surface area contributed by atoms with E-state index in [0.717, 1.165) is 5.56 Å². The van der Waals surface area contributed by atoms with Crippen LogP contribution in [0.3, 0.4) is 0 Å². The highest BCUT2D eigenvalue weighted by Gasteiger charge is 2.13. The second-order valence-corrected chi connectivity index (χ2v) is 3.25. The van der Waals surface area contributed by atoms with Crippen LogP contribution in [0.5, 0.6) is 0 Å². The monoisotopic (exact) mass is 164 g/mol. The largest absolute Gasteiger partial charge is 0.160 e. The van der Waals surface area contributed by atoms with Gasteiger partial charge in [-0.2, -0.15) is 5.48 Å². The lowest BCUT2D eigenvalue weighted by molar-refractivity contribution is 0.0289. The van der Waals surface area contributed by atoms with Crippen molar-refractivity contribution in [1.82, 2.24) is 5.48 Å². The summed E-state index contributed by atoms with van der Waals surface area (Å²) in [6.07, 6.45) is 0. The van der Waals surface area contributed by atoms with Gasteiger partial charge >= 0.3 is 0 Å². The maximum Gasteiger partial charge on any atom is 0.0625 e. The van der Waals surface area contributed by atoms with Crippen LogP contribution in [-0.4, -0.2) is 0 Å². The Morgan fingerprint density at radius 2 is 1.75 bits per heavy atom. The Hall–Kier alpha value is -0.860. The molecule has 1 aromatic rings. The summed E-state index contributed by atoms with van der Waals surface area (Å²) in [4.78, 5) is 0. The average Bonchev–Trinajstić information content (AvgIpc) is 2.07. The summed E-state index contributed by atoms with van der Waals surface area (Å²) >= 11 is 0. The topological polar surface area (TPSA) is 31.9 Å². The van der Waals surface area contributed by atoms with Crippen molar-refractivity contribution in [3.8, 4) is 0 Å². The quantitative estimate of drug-likeness (QED) is 0.683. The third-order valence-electron chi connectivity index (χ3n) is 1.95. The molecule has 1 atom stereocenters. The van der Waals surface area contributed by atoms with E-state index in [4.69, 9.17) is 0 Å².